The van der Waals surface area contributed by atoms with Gasteiger partial charge in [-0.15, -0.1) is 11.3 Å². The second kappa shape index (κ2) is 4.49. The van der Waals surface area contributed by atoms with E-state index in [-0.39, 0.29) is 11.9 Å². The Balaban J connectivity index is 2.03. The first-order valence-electron chi connectivity index (χ1n) is 6.56. The van der Waals surface area contributed by atoms with Crippen molar-refractivity contribution >= 4 is 22.9 Å². The van der Waals surface area contributed by atoms with E-state index in [4.69, 9.17) is 0 Å². The molecule has 1 amide bonds. The number of carbonyl (C=O) groups excluding carboxylic acids is 1. The standard InChI is InChI=1S/C16H17NOS/c1-10-8-13-6-4-5-7-15(13)17(10)16(18)14-9-11(2)19-12(14)3/h4-7,9-10H,8H2,1-3H3. The number of rotatable bonds is 1. The van der Waals surface area contributed by atoms with E-state index in [9.17, 15) is 4.79 Å². The molecule has 1 unspecified atom stereocenters. The summed E-state index contributed by atoms with van der Waals surface area (Å²) in [6.07, 6.45) is 0.948. The third-order valence-corrected chi connectivity index (χ3v) is 4.66. The molecule has 98 valence electrons. The molecule has 1 aliphatic rings. The Labute approximate surface area is 117 Å². The lowest BCUT2D eigenvalue weighted by atomic mass is 10.1. The highest BCUT2D eigenvalue weighted by Gasteiger charge is 2.32. The van der Waals surface area contributed by atoms with Gasteiger partial charge in [0.25, 0.3) is 5.91 Å². The lowest BCUT2D eigenvalue weighted by molar-refractivity contribution is 0.0981. The van der Waals surface area contributed by atoms with Gasteiger partial charge in [-0.1, -0.05) is 18.2 Å². The zero-order valence-corrected chi connectivity index (χ0v) is 12.3. The molecule has 1 atom stereocenters. The van der Waals surface area contributed by atoms with Crippen molar-refractivity contribution in [2.24, 2.45) is 0 Å². The molecule has 2 aromatic rings. The van der Waals surface area contributed by atoms with Crippen molar-refractivity contribution in [3.63, 3.8) is 0 Å². The molecule has 0 N–H and O–H groups in total. The number of hydrogen-bond donors (Lipinski definition) is 0. The van der Waals surface area contributed by atoms with Gasteiger partial charge < -0.3 is 4.90 Å². The Hall–Kier alpha value is -1.61. The third kappa shape index (κ3) is 1.98. The van der Waals surface area contributed by atoms with Crippen LogP contribution in [-0.4, -0.2) is 11.9 Å². The predicted molar refractivity (Wildman–Crippen MR) is 80.2 cm³/mol. The van der Waals surface area contributed by atoms with Gasteiger partial charge >= 0.3 is 0 Å². The molecule has 1 aliphatic heterocycles. The second-order valence-corrected chi connectivity index (χ2v) is 6.64. The SMILES string of the molecule is Cc1cc(C(=O)N2c3ccccc3CC2C)c(C)s1. The van der Waals surface area contributed by atoms with Crippen molar-refractivity contribution in [3.8, 4) is 0 Å². The molecule has 0 radical (unpaired) electrons. The zero-order valence-electron chi connectivity index (χ0n) is 11.4. The van der Waals surface area contributed by atoms with E-state index in [1.165, 1.54) is 10.4 Å². The first kappa shape index (κ1) is 12.4. The molecule has 0 bridgehead atoms. The second-order valence-electron chi connectivity index (χ2n) is 5.18. The summed E-state index contributed by atoms with van der Waals surface area (Å²) in [5, 5.41) is 0. The minimum absolute atomic E-state index is 0.138. The summed E-state index contributed by atoms with van der Waals surface area (Å²) < 4.78 is 0. The van der Waals surface area contributed by atoms with Crippen molar-refractivity contribution in [1.82, 2.24) is 0 Å². The van der Waals surface area contributed by atoms with Crippen LogP contribution in [0.2, 0.25) is 0 Å². The number of anilines is 1. The molecule has 0 saturated heterocycles. The number of aryl methyl sites for hydroxylation is 2. The van der Waals surface area contributed by atoms with E-state index >= 15 is 0 Å². The summed E-state index contributed by atoms with van der Waals surface area (Å²) in [4.78, 5) is 17.0. The summed E-state index contributed by atoms with van der Waals surface area (Å²) in [6.45, 7) is 6.19. The highest BCUT2D eigenvalue weighted by atomic mass is 32.1. The van der Waals surface area contributed by atoms with E-state index in [2.05, 4.69) is 19.9 Å². The van der Waals surface area contributed by atoms with E-state index in [0.29, 0.717) is 0 Å². The Morgan fingerprint density at radius 2 is 2.05 bits per heavy atom. The maximum atomic E-state index is 12.8. The number of hydrogen-bond acceptors (Lipinski definition) is 2. The minimum atomic E-state index is 0.138. The van der Waals surface area contributed by atoms with Crippen LogP contribution in [0.4, 0.5) is 5.69 Å². The Morgan fingerprint density at radius 3 is 2.74 bits per heavy atom. The van der Waals surface area contributed by atoms with E-state index in [1.807, 2.05) is 36.1 Å². The molecule has 0 aliphatic carbocycles. The van der Waals surface area contributed by atoms with Gasteiger partial charge in [0, 0.05) is 21.5 Å². The van der Waals surface area contributed by atoms with Gasteiger partial charge in [0.15, 0.2) is 0 Å². The summed E-state index contributed by atoms with van der Waals surface area (Å²) in [7, 11) is 0. The topological polar surface area (TPSA) is 20.3 Å². The fraction of sp³-hybridized carbons (Fsp3) is 0.312. The average Bonchev–Trinajstić information content (AvgIpc) is 2.87. The van der Waals surface area contributed by atoms with Crippen molar-refractivity contribution in [1.29, 1.82) is 0 Å². The van der Waals surface area contributed by atoms with Crippen LogP contribution in [0.5, 0.6) is 0 Å². The summed E-state index contributed by atoms with van der Waals surface area (Å²) in [6, 6.07) is 10.5. The highest BCUT2D eigenvalue weighted by molar-refractivity contribution is 7.12. The van der Waals surface area contributed by atoms with Crippen molar-refractivity contribution < 1.29 is 4.79 Å². The number of thiophene rings is 1. The fourth-order valence-electron chi connectivity index (χ4n) is 2.85. The molecule has 0 spiro atoms. The number of benzene rings is 1. The van der Waals surface area contributed by atoms with Crippen molar-refractivity contribution in [2.75, 3.05) is 4.90 Å². The van der Waals surface area contributed by atoms with Crippen molar-refractivity contribution in [3.05, 3.63) is 51.2 Å². The maximum Gasteiger partial charge on any atom is 0.259 e. The predicted octanol–water partition coefficient (Wildman–Crippen LogP) is 3.96. The highest BCUT2D eigenvalue weighted by Crippen LogP contribution is 2.34. The molecule has 0 fully saturated rings. The molecule has 1 aromatic carbocycles. The van der Waals surface area contributed by atoms with Crippen LogP contribution in [0.1, 0.15) is 32.6 Å². The fourth-order valence-corrected chi connectivity index (χ4v) is 3.76. The molecule has 2 heterocycles. The monoisotopic (exact) mass is 271 g/mol. The van der Waals surface area contributed by atoms with Crippen LogP contribution in [0.15, 0.2) is 30.3 Å². The quantitative estimate of drug-likeness (QED) is 0.769. The largest absolute Gasteiger partial charge is 0.305 e. The average molecular weight is 271 g/mol. The number of amides is 1. The van der Waals surface area contributed by atoms with Gasteiger partial charge in [0.2, 0.25) is 0 Å². The van der Waals surface area contributed by atoms with Crippen LogP contribution in [-0.2, 0) is 6.42 Å². The number of para-hydroxylation sites is 1. The minimum Gasteiger partial charge on any atom is -0.305 e. The first-order chi connectivity index (χ1) is 9.08. The van der Waals surface area contributed by atoms with Gasteiger partial charge in [-0.2, -0.15) is 0 Å². The lowest BCUT2D eigenvalue weighted by Gasteiger charge is -2.22. The summed E-state index contributed by atoms with van der Waals surface area (Å²) >= 11 is 1.69. The molecule has 19 heavy (non-hydrogen) atoms. The van der Waals surface area contributed by atoms with Gasteiger partial charge in [0.05, 0.1) is 5.56 Å². The summed E-state index contributed by atoms with van der Waals surface area (Å²) in [5.41, 5.74) is 3.20. The molecule has 3 heteroatoms. The van der Waals surface area contributed by atoms with E-state index < -0.39 is 0 Å². The van der Waals surface area contributed by atoms with Gasteiger partial charge in [-0.3, -0.25) is 4.79 Å². The molecule has 2 nitrogen and oxygen atoms in total. The molecule has 3 rings (SSSR count). The first-order valence-corrected chi connectivity index (χ1v) is 7.38. The van der Waals surface area contributed by atoms with Gasteiger partial charge in [-0.05, 0) is 44.9 Å². The summed E-state index contributed by atoms with van der Waals surface area (Å²) in [5.74, 6) is 0.138. The number of carbonyl (C=O) groups is 1. The molecule has 1 aromatic heterocycles. The molecular weight excluding hydrogens is 254 g/mol. The Bertz CT molecular complexity index is 644. The number of fused-ring (bicyclic) bond motifs is 1. The van der Waals surface area contributed by atoms with E-state index in [1.54, 1.807) is 11.3 Å². The zero-order chi connectivity index (χ0) is 13.6. The smallest absolute Gasteiger partial charge is 0.259 e. The van der Waals surface area contributed by atoms with Crippen LogP contribution in [0.25, 0.3) is 0 Å². The van der Waals surface area contributed by atoms with E-state index in [0.717, 1.165) is 22.5 Å². The third-order valence-electron chi connectivity index (χ3n) is 3.70. The normalized spacial score (nSPS) is 17.6. The van der Waals surface area contributed by atoms with Gasteiger partial charge in [0.1, 0.15) is 0 Å². The van der Waals surface area contributed by atoms with Crippen LogP contribution < -0.4 is 4.90 Å². The van der Waals surface area contributed by atoms with Crippen LogP contribution in [0.3, 0.4) is 0 Å². The van der Waals surface area contributed by atoms with Crippen LogP contribution >= 0.6 is 11.3 Å². The molecule has 0 saturated carbocycles. The maximum absolute atomic E-state index is 12.8. The van der Waals surface area contributed by atoms with Crippen molar-refractivity contribution in [2.45, 2.75) is 33.2 Å². The molecular formula is C16H17NOS. The lowest BCUT2D eigenvalue weighted by Crippen LogP contribution is -2.35. The Morgan fingerprint density at radius 1 is 1.32 bits per heavy atom. The van der Waals surface area contributed by atoms with Crippen LogP contribution in [0, 0.1) is 13.8 Å². The number of nitrogens with zero attached hydrogens (tertiary/aromatic N) is 1. The Kier molecular flexibility index (Phi) is 2.94. The van der Waals surface area contributed by atoms with Gasteiger partial charge in [-0.25, -0.2) is 0 Å².